The molecular formula is C26H34N4O2. The number of aromatic nitrogens is 1. The van der Waals surface area contributed by atoms with Crippen LogP contribution in [0.5, 0.6) is 0 Å². The quantitative estimate of drug-likeness (QED) is 0.689. The maximum absolute atomic E-state index is 14.0. The molecule has 3 heterocycles. The number of fused-ring (bicyclic) bond motifs is 6. The largest absolute Gasteiger partial charge is 0.357 e. The SMILES string of the molecule is O=C1NCC2c3[nH]c4ccccc4c3C[C@@H]1N2C1(C(=O)NC2CCCCC2)CCCCC1. The zero-order valence-corrected chi connectivity index (χ0v) is 18.8. The van der Waals surface area contributed by atoms with Gasteiger partial charge in [0.25, 0.3) is 0 Å². The molecule has 0 spiro atoms. The van der Waals surface area contributed by atoms with E-state index in [0.29, 0.717) is 13.0 Å². The highest BCUT2D eigenvalue weighted by atomic mass is 16.2. The van der Waals surface area contributed by atoms with E-state index in [0.717, 1.165) is 44.0 Å². The van der Waals surface area contributed by atoms with E-state index in [1.807, 2.05) is 0 Å². The van der Waals surface area contributed by atoms with Gasteiger partial charge in [0.05, 0.1) is 12.1 Å². The summed E-state index contributed by atoms with van der Waals surface area (Å²) in [6.45, 7) is 0.563. The highest BCUT2D eigenvalue weighted by Crippen LogP contribution is 2.47. The van der Waals surface area contributed by atoms with E-state index < -0.39 is 5.54 Å². The lowest BCUT2D eigenvalue weighted by atomic mass is 9.74. The van der Waals surface area contributed by atoms with E-state index >= 15 is 0 Å². The number of nitrogens with zero attached hydrogens (tertiary/aromatic N) is 1. The fourth-order valence-corrected chi connectivity index (χ4v) is 7.01. The highest BCUT2D eigenvalue weighted by Gasteiger charge is 2.56. The summed E-state index contributed by atoms with van der Waals surface area (Å²) >= 11 is 0. The molecule has 3 fully saturated rings. The monoisotopic (exact) mass is 434 g/mol. The number of hydrogen-bond donors (Lipinski definition) is 3. The molecule has 1 aromatic carbocycles. The Labute approximate surface area is 189 Å². The number of hydrogen-bond acceptors (Lipinski definition) is 3. The normalized spacial score (nSPS) is 28.2. The molecule has 2 amide bonds. The summed E-state index contributed by atoms with van der Waals surface area (Å²) in [6.07, 6.45) is 11.5. The van der Waals surface area contributed by atoms with Gasteiger partial charge >= 0.3 is 0 Å². The first-order valence-corrected chi connectivity index (χ1v) is 12.6. The number of benzene rings is 1. The van der Waals surface area contributed by atoms with Crippen molar-refractivity contribution in [2.24, 2.45) is 0 Å². The summed E-state index contributed by atoms with van der Waals surface area (Å²) in [5, 5.41) is 7.82. The Morgan fingerprint density at radius 1 is 1.00 bits per heavy atom. The van der Waals surface area contributed by atoms with Gasteiger partial charge in [0.15, 0.2) is 0 Å². The van der Waals surface area contributed by atoms with Crippen LogP contribution in [0.1, 0.15) is 81.5 Å². The van der Waals surface area contributed by atoms with Gasteiger partial charge in [0.2, 0.25) is 11.8 Å². The van der Waals surface area contributed by atoms with Gasteiger partial charge in [-0.1, -0.05) is 56.7 Å². The molecule has 2 bridgehead atoms. The highest BCUT2D eigenvalue weighted by molar-refractivity contribution is 5.92. The molecule has 32 heavy (non-hydrogen) atoms. The predicted octanol–water partition coefficient (Wildman–Crippen LogP) is 3.72. The van der Waals surface area contributed by atoms with Crippen molar-refractivity contribution in [2.75, 3.05) is 6.54 Å². The standard InChI is InChI=1S/C26H34N4O2/c31-24-21-15-19-18-11-5-6-12-20(18)29-23(19)22(16-27-24)30(21)26(13-7-2-8-14-26)25(32)28-17-9-3-1-4-10-17/h5-6,11-12,17,21-22,29H,1-4,7-10,13-16H2,(H,27,31)(H,28,32)/t21-,22?/m0/s1. The number of amides is 2. The van der Waals surface area contributed by atoms with Crippen molar-refractivity contribution in [1.29, 1.82) is 0 Å². The van der Waals surface area contributed by atoms with Crippen molar-refractivity contribution in [2.45, 2.75) is 94.3 Å². The van der Waals surface area contributed by atoms with E-state index in [-0.39, 0.29) is 29.9 Å². The number of H-pyrrole nitrogens is 1. The first kappa shape index (κ1) is 20.3. The van der Waals surface area contributed by atoms with E-state index in [1.165, 1.54) is 42.3 Å². The average molecular weight is 435 g/mol. The number of aromatic amines is 1. The van der Waals surface area contributed by atoms with Crippen LogP contribution >= 0.6 is 0 Å². The topological polar surface area (TPSA) is 77.2 Å². The maximum Gasteiger partial charge on any atom is 0.240 e. The molecule has 2 atom stereocenters. The summed E-state index contributed by atoms with van der Waals surface area (Å²) in [6, 6.07) is 8.41. The van der Waals surface area contributed by atoms with E-state index in [1.54, 1.807) is 0 Å². The first-order chi connectivity index (χ1) is 15.7. The smallest absolute Gasteiger partial charge is 0.240 e. The van der Waals surface area contributed by atoms with E-state index in [4.69, 9.17) is 0 Å². The molecule has 6 rings (SSSR count). The summed E-state index contributed by atoms with van der Waals surface area (Å²) in [5.41, 5.74) is 3.00. The van der Waals surface area contributed by atoms with Crippen LogP contribution in [0.2, 0.25) is 0 Å². The number of piperazine rings is 1. The molecule has 2 aromatic rings. The van der Waals surface area contributed by atoms with Gasteiger partial charge in [-0.25, -0.2) is 0 Å². The zero-order chi connectivity index (χ0) is 21.7. The van der Waals surface area contributed by atoms with Gasteiger partial charge in [-0.15, -0.1) is 0 Å². The minimum Gasteiger partial charge on any atom is -0.357 e. The number of rotatable bonds is 3. The molecule has 1 aromatic heterocycles. The van der Waals surface area contributed by atoms with Crippen LogP contribution in [0.15, 0.2) is 24.3 Å². The molecule has 3 N–H and O–H groups in total. The van der Waals surface area contributed by atoms with Crippen LogP contribution in [0.4, 0.5) is 0 Å². The molecule has 6 heteroatoms. The van der Waals surface area contributed by atoms with Gasteiger partial charge in [-0.05, 0) is 43.7 Å². The van der Waals surface area contributed by atoms with Gasteiger partial charge in [-0.2, -0.15) is 0 Å². The van der Waals surface area contributed by atoms with E-state index in [2.05, 4.69) is 44.8 Å². The number of carbonyl (C=O) groups excluding carboxylic acids is 2. The second-order valence-electron chi connectivity index (χ2n) is 10.4. The lowest BCUT2D eigenvalue weighted by Gasteiger charge is -2.55. The van der Waals surface area contributed by atoms with Crippen molar-refractivity contribution < 1.29 is 9.59 Å². The molecule has 0 radical (unpaired) electrons. The fraction of sp³-hybridized carbons (Fsp3) is 0.615. The first-order valence-electron chi connectivity index (χ1n) is 12.6. The Hall–Kier alpha value is -2.34. The summed E-state index contributed by atoms with van der Waals surface area (Å²) in [7, 11) is 0. The minimum absolute atomic E-state index is 0.0176. The van der Waals surface area contributed by atoms with Crippen molar-refractivity contribution in [3.63, 3.8) is 0 Å². The Morgan fingerprint density at radius 2 is 1.75 bits per heavy atom. The van der Waals surface area contributed by atoms with Crippen molar-refractivity contribution in [3.05, 3.63) is 35.5 Å². The summed E-state index contributed by atoms with van der Waals surface area (Å²) in [4.78, 5) is 33.2. The summed E-state index contributed by atoms with van der Waals surface area (Å²) < 4.78 is 0. The number of nitrogens with one attached hydrogen (secondary N) is 3. The molecule has 1 unspecified atom stereocenters. The van der Waals surface area contributed by atoms with Crippen LogP contribution < -0.4 is 10.6 Å². The molecular weight excluding hydrogens is 400 g/mol. The third-order valence-corrected chi connectivity index (χ3v) is 8.56. The Morgan fingerprint density at radius 3 is 2.56 bits per heavy atom. The molecule has 2 saturated carbocycles. The third kappa shape index (κ3) is 3.10. The van der Waals surface area contributed by atoms with Crippen LogP contribution in [-0.4, -0.2) is 45.9 Å². The number of carbonyl (C=O) groups is 2. The van der Waals surface area contributed by atoms with Crippen LogP contribution in [0, 0.1) is 0 Å². The minimum atomic E-state index is -0.586. The van der Waals surface area contributed by atoms with Gasteiger partial charge < -0.3 is 15.6 Å². The molecule has 2 aliphatic heterocycles. The maximum atomic E-state index is 14.0. The second kappa shape index (κ2) is 7.91. The van der Waals surface area contributed by atoms with Gasteiger partial charge in [0, 0.05) is 29.2 Å². The number of para-hydroxylation sites is 1. The lowest BCUT2D eigenvalue weighted by molar-refractivity contribution is -0.153. The lowest BCUT2D eigenvalue weighted by Crippen LogP contribution is -2.71. The molecule has 170 valence electrons. The summed E-state index contributed by atoms with van der Waals surface area (Å²) in [5.74, 6) is 0.251. The fourth-order valence-electron chi connectivity index (χ4n) is 7.01. The van der Waals surface area contributed by atoms with Crippen molar-refractivity contribution in [1.82, 2.24) is 20.5 Å². The second-order valence-corrected chi connectivity index (χ2v) is 10.4. The van der Waals surface area contributed by atoms with Crippen molar-refractivity contribution in [3.8, 4) is 0 Å². The van der Waals surface area contributed by atoms with Gasteiger partial charge in [0.1, 0.15) is 5.54 Å². The molecule has 4 aliphatic rings. The molecule has 6 nitrogen and oxygen atoms in total. The molecule has 1 saturated heterocycles. The Balaban J connectivity index is 1.41. The van der Waals surface area contributed by atoms with Gasteiger partial charge in [-0.3, -0.25) is 14.5 Å². The van der Waals surface area contributed by atoms with Crippen LogP contribution in [-0.2, 0) is 16.0 Å². The van der Waals surface area contributed by atoms with Crippen molar-refractivity contribution >= 4 is 22.7 Å². The van der Waals surface area contributed by atoms with Crippen LogP contribution in [0.3, 0.4) is 0 Å². The third-order valence-electron chi connectivity index (χ3n) is 8.56. The average Bonchev–Trinajstić information content (AvgIpc) is 3.20. The Bertz CT molecular complexity index is 1030. The molecule has 2 aliphatic carbocycles. The zero-order valence-electron chi connectivity index (χ0n) is 18.8. The van der Waals surface area contributed by atoms with Crippen LogP contribution in [0.25, 0.3) is 10.9 Å². The van der Waals surface area contributed by atoms with E-state index in [9.17, 15) is 9.59 Å². The predicted molar refractivity (Wildman–Crippen MR) is 124 cm³/mol. The Kier molecular flexibility index (Phi) is 5.01.